The minimum absolute atomic E-state index is 0.0641. The van der Waals surface area contributed by atoms with Gasteiger partial charge in [0.1, 0.15) is 23.9 Å². The number of carbonyl (C=O) groups is 4. The number of aromatic carboxylic acids is 2. The maximum absolute atomic E-state index is 12.9. The van der Waals surface area contributed by atoms with Gasteiger partial charge < -0.3 is 19.4 Å². The molecule has 190 valence electrons. The number of furan rings is 1. The first-order valence-corrected chi connectivity index (χ1v) is 12.2. The van der Waals surface area contributed by atoms with Crippen LogP contribution in [0.1, 0.15) is 26.5 Å². The number of amides is 2. The van der Waals surface area contributed by atoms with Crippen LogP contribution < -0.4 is 4.74 Å². The van der Waals surface area contributed by atoms with Crippen molar-refractivity contribution in [3.05, 3.63) is 94.6 Å². The third-order valence-corrected chi connectivity index (χ3v) is 6.71. The molecule has 0 saturated carbocycles. The van der Waals surface area contributed by atoms with Gasteiger partial charge in [-0.15, -0.1) is 0 Å². The van der Waals surface area contributed by atoms with Crippen LogP contribution in [0.25, 0.3) is 28.2 Å². The van der Waals surface area contributed by atoms with Crippen molar-refractivity contribution in [3.63, 3.8) is 0 Å². The molecule has 1 aliphatic rings. The van der Waals surface area contributed by atoms with Gasteiger partial charge in [0.25, 0.3) is 11.1 Å². The van der Waals surface area contributed by atoms with Crippen LogP contribution in [0.5, 0.6) is 5.75 Å². The van der Waals surface area contributed by atoms with Crippen LogP contribution in [0, 0.1) is 0 Å². The van der Waals surface area contributed by atoms with Gasteiger partial charge in [-0.3, -0.25) is 14.5 Å². The summed E-state index contributed by atoms with van der Waals surface area (Å²) in [5.74, 6) is -1.93. The Kier molecular flexibility index (Phi) is 6.71. The topological polar surface area (TPSA) is 134 Å². The van der Waals surface area contributed by atoms with Crippen molar-refractivity contribution in [2.45, 2.75) is 0 Å². The Bertz CT molecular complexity index is 1600. The lowest BCUT2D eigenvalue weighted by Crippen LogP contribution is -2.32. The van der Waals surface area contributed by atoms with E-state index in [0.29, 0.717) is 5.75 Å². The molecule has 38 heavy (non-hydrogen) atoms. The monoisotopic (exact) mass is 529 g/mol. The Balaban J connectivity index is 1.29. The fourth-order valence-corrected chi connectivity index (χ4v) is 4.84. The SMILES string of the molecule is O=C(O)c1cc(C(=O)O)cc(-c2ccc(/C=C3\SC(=O)N(CCOc4cccc5ccccc45)C3=O)o2)c1. The summed E-state index contributed by atoms with van der Waals surface area (Å²) in [4.78, 5) is 49.4. The third-order valence-electron chi connectivity index (χ3n) is 5.81. The van der Waals surface area contributed by atoms with Crippen molar-refractivity contribution in [1.29, 1.82) is 0 Å². The first kappa shape index (κ1) is 24.8. The predicted octanol–water partition coefficient (Wildman–Crippen LogP) is 5.61. The molecule has 1 saturated heterocycles. The number of benzene rings is 3. The van der Waals surface area contributed by atoms with E-state index < -0.39 is 23.1 Å². The van der Waals surface area contributed by atoms with E-state index in [-0.39, 0.29) is 46.3 Å². The van der Waals surface area contributed by atoms with Gasteiger partial charge in [0.15, 0.2) is 0 Å². The summed E-state index contributed by atoms with van der Waals surface area (Å²) in [6.07, 6.45) is 1.42. The van der Waals surface area contributed by atoms with Crippen LogP contribution in [0.2, 0.25) is 0 Å². The van der Waals surface area contributed by atoms with E-state index in [1.807, 2.05) is 42.5 Å². The molecule has 0 radical (unpaired) electrons. The van der Waals surface area contributed by atoms with E-state index >= 15 is 0 Å². The first-order chi connectivity index (χ1) is 18.3. The van der Waals surface area contributed by atoms with Gasteiger partial charge in [0, 0.05) is 17.0 Å². The fraction of sp³-hybridized carbons (Fsp3) is 0.0714. The maximum Gasteiger partial charge on any atom is 0.335 e. The van der Waals surface area contributed by atoms with Crippen LogP contribution in [-0.2, 0) is 4.79 Å². The van der Waals surface area contributed by atoms with Crippen molar-refractivity contribution in [3.8, 4) is 17.1 Å². The molecule has 0 bridgehead atoms. The summed E-state index contributed by atoms with van der Waals surface area (Å²) >= 11 is 0.771. The average molecular weight is 530 g/mol. The lowest BCUT2D eigenvalue weighted by molar-refractivity contribution is -0.123. The van der Waals surface area contributed by atoms with Crippen molar-refractivity contribution >= 4 is 51.7 Å². The molecule has 9 nitrogen and oxygen atoms in total. The van der Waals surface area contributed by atoms with E-state index in [4.69, 9.17) is 9.15 Å². The average Bonchev–Trinajstić information content (AvgIpc) is 3.48. The van der Waals surface area contributed by atoms with Crippen LogP contribution in [-0.4, -0.2) is 51.3 Å². The smallest absolute Gasteiger partial charge is 0.335 e. The molecule has 1 aromatic heterocycles. The molecule has 5 rings (SSSR count). The number of nitrogens with zero attached hydrogens (tertiary/aromatic N) is 1. The summed E-state index contributed by atoms with van der Waals surface area (Å²) < 4.78 is 11.6. The minimum Gasteiger partial charge on any atom is -0.491 e. The van der Waals surface area contributed by atoms with Crippen molar-refractivity contribution < 1.29 is 38.5 Å². The molecule has 10 heteroatoms. The van der Waals surface area contributed by atoms with E-state index in [1.54, 1.807) is 6.07 Å². The number of carbonyl (C=O) groups excluding carboxylic acids is 2. The molecule has 0 spiro atoms. The normalized spacial score (nSPS) is 14.4. The molecule has 1 fully saturated rings. The molecule has 2 N–H and O–H groups in total. The molecule has 0 unspecified atom stereocenters. The lowest BCUT2D eigenvalue weighted by Gasteiger charge is -2.14. The zero-order valence-corrected chi connectivity index (χ0v) is 20.4. The lowest BCUT2D eigenvalue weighted by atomic mass is 10.0. The molecule has 1 aliphatic heterocycles. The number of thioether (sulfide) groups is 1. The molecular weight excluding hydrogens is 510 g/mol. The Morgan fingerprint density at radius 1 is 0.921 bits per heavy atom. The molecule has 4 aromatic rings. The Morgan fingerprint density at radius 3 is 2.37 bits per heavy atom. The largest absolute Gasteiger partial charge is 0.491 e. The number of hydrogen-bond acceptors (Lipinski definition) is 7. The van der Waals surface area contributed by atoms with E-state index in [9.17, 15) is 29.4 Å². The van der Waals surface area contributed by atoms with Crippen molar-refractivity contribution in [2.75, 3.05) is 13.2 Å². The third kappa shape index (κ3) is 5.02. The standard InChI is InChI=1S/C28H19NO8S/c30-25-24(15-20-8-9-22(37-20)17-12-18(26(31)32)14-19(13-17)27(33)34)38-28(35)29(25)10-11-36-23-7-3-5-16-4-1-2-6-21(16)23/h1-9,12-15H,10-11H2,(H,31,32)(H,33,34)/b24-15-. The second-order valence-corrected chi connectivity index (χ2v) is 9.26. The first-order valence-electron chi connectivity index (χ1n) is 11.4. The van der Waals surface area contributed by atoms with Gasteiger partial charge in [-0.2, -0.15) is 0 Å². The zero-order chi connectivity index (χ0) is 26.8. The molecule has 3 aromatic carbocycles. The zero-order valence-electron chi connectivity index (χ0n) is 19.6. The molecular formula is C28H19NO8S. The fourth-order valence-electron chi connectivity index (χ4n) is 3.99. The highest BCUT2D eigenvalue weighted by Gasteiger charge is 2.35. The Labute approximate surface area is 219 Å². The van der Waals surface area contributed by atoms with Gasteiger partial charge in [0.2, 0.25) is 0 Å². The number of fused-ring (bicyclic) bond motifs is 1. The highest BCUT2D eigenvalue weighted by Crippen LogP contribution is 2.34. The maximum atomic E-state index is 12.9. The predicted molar refractivity (Wildman–Crippen MR) is 140 cm³/mol. The summed E-state index contributed by atoms with van der Waals surface area (Å²) in [7, 11) is 0. The number of carboxylic acids is 2. The summed E-state index contributed by atoms with van der Waals surface area (Å²) in [5, 5.41) is 20.1. The number of ether oxygens (including phenoxy) is 1. The summed E-state index contributed by atoms with van der Waals surface area (Å²) in [6.45, 7) is 0.185. The quantitative estimate of drug-likeness (QED) is 0.279. The van der Waals surface area contributed by atoms with Crippen LogP contribution in [0.15, 0.2) is 82.1 Å². The summed E-state index contributed by atoms with van der Waals surface area (Å²) in [5.41, 5.74) is -0.157. The molecule has 2 amide bonds. The van der Waals surface area contributed by atoms with Gasteiger partial charge >= 0.3 is 11.9 Å². The van der Waals surface area contributed by atoms with Crippen molar-refractivity contribution in [1.82, 2.24) is 4.90 Å². The van der Waals surface area contributed by atoms with E-state index in [1.165, 1.54) is 24.3 Å². The molecule has 0 aliphatic carbocycles. The number of carboxylic acid groups (broad SMARTS) is 2. The highest BCUT2D eigenvalue weighted by atomic mass is 32.2. The molecule has 0 atom stereocenters. The van der Waals surface area contributed by atoms with E-state index in [2.05, 4.69) is 0 Å². The van der Waals surface area contributed by atoms with Gasteiger partial charge in [-0.25, -0.2) is 9.59 Å². The number of hydrogen-bond donors (Lipinski definition) is 2. The second-order valence-electron chi connectivity index (χ2n) is 8.27. The van der Waals surface area contributed by atoms with Gasteiger partial charge in [-0.1, -0.05) is 36.4 Å². The highest BCUT2D eigenvalue weighted by molar-refractivity contribution is 8.18. The summed E-state index contributed by atoms with van der Waals surface area (Å²) in [6, 6.07) is 20.1. The molecule has 2 heterocycles. The van der Waals surface area contributed by atoms with Gasteiger partial charge in [0.05, 0.1) is 22.6 Å². The number of rotatable bonds is 8. The van der Waals surface area contributed by atoms with Crippen LogP contribution >= 0.6 is 11.8 Å². The van der Waals surface area contributed by atoms with Crippen LogP contribution in [0.3, 0.4) is 0 Å². The van der Waals surface area contributed by atoms with Crippen LogP contribution in [0.4, 0.5) is 4.79 Å². The second kappa shape index (κ2) is 10.3. The Hall–Kier alpha value is -4.83. The Morgan fingerprint density at radius 2 is 1.63 bits per heavy atom. The van der Waals surface area contributed by atoms with Gasteiger partial charge in [-0.05, 0) is 53.5 Å². The van der Waals surface area contributed by atoms with Crippen molar-refractivity contribution in [2.24, 2.45) is 0 Å². The van der Waals surface area contributed by atoms with E-state index in [0.717, 1.165) is 33.5 Å². The number of imide groups is 1. The minimum atomic E-state index is -1.28.